The molecule has 2 heterocycles. The van der Waals surface area contributed by atoms with Gasteiger partial charge in [-0.05, 0) is 30.9 Å². The molecule has 1 atom stereocenters. The minimum atomic E-state index is -0.181. The SMILES string of the molecule is CC(C)C(Br)C(=O)Nc1cccnc1N1CCCC1. The second-order valence-corrected chi connectivity index (χ2v) is 6.19. The van der Waals surface area contributed by atoms with Gasteiger partial charge in [0.2, 0.25) is 5.91 Å². The topological polar surface area (TPSA) is 45.2 Å². The molecule has 4 nitrogen and oxygen atoms in total. The number of pyridine rings is 1. The number of nitrogens with zero attached hydrogens (tertiary/aromatic N) is 2. The Labute approximate surface area is 122 Å². The molecule has 1 aliphatic heterocycles. The lowest BCUT2D eigenvalue weighted by molar-refractivity contribution is -0.116. The van der Waals surface area contributed by atoms with Crippen LogP contribution in [0.15, 0.2) is 18.3 Å². The zero-order valence-electron chi connectivity index (χ0n) is 11.4. The van der Waals surface area contributed by atoms with E-state index in [1.807, 2.05) is 26.0 Å². The Kier molecular flexibility index (Phi) is 4.80. The number of alkyl halides is 1. The molecule has 0 aromatic carbocycles. The molecular formula is C14H20BrN3O. The summed E-state index contributed by atoms with van der Waals surface area (Å²) in [5.41, 5.74) is 0.805. The number of carbonyl (C=O) groups is 1. The molecule has 104 valence electrons. The second kappa shape index (κ2) is 6.37. The standard InChI is InChI=1S/C14H20BrN3O/c1-10(2)12(15)14(19)17-11-6-5-7-16-13(11)18-8-3-4-9-18/h5-7,10,12H,3-4,8-9H2,1-2H3,(H,17,19). The van der Waals surface area contributed by atoms with Gasteiger partial charge in [0, 0.05) is 19.3 Å². The lowest BCUT2D eigenvalue weighted by Gasteiger charge is -2.21. The van der Waals surface area contributed by atoms with Gasteiger partial charge in [0.1, 0.15) is 0 Å². The van der Waals surface area contributed by atoms with E-state index in [4.69, 9.17) is 0 Å². The van der Waals surface area contributed by atoms with Crippen LogP contribution in [0.5, 0.6) is 0 Å². The third-order valence-corrected chi connectivity index (χ3v) is 4.76. The molecule has 5 heteroatoms. The van der Waals surface area contributed by atoms with Crippen molar-refractivity contribution >= 4 is 33.3 Å². The molecule has 1 aliphatic rings. The molecule has 1 saturated heterocycles. The Morgan fingerprint density at radius 1 is 1.42 bits per heavy atom. The normalized spacial score (nSPS) is 16.7. The lowest BCUT2D eigenvalue weighted by atomic mass is 10.1. The maximum Gasteiger partial charge on any atom is 0.238 e. The summed E-state index contributed by atoms with van der Waals surface area (Å²) in [5.74, 6) is 1.13. The Hall–Kier alpha value is -1.10. The Balaban J connectivity index is 2.13. The summed E-state index contributed by atoms with van der Waals surface area (Å²) >= 11 is 3.43. The molecule has 1 N–H and O–H groups in total. The van der Waals surface area contributed by atoms with Crippen molar-refractivity contribution < 1.29 is 4.79 Å². The Morgan fingerprint density at radius 2 is 2.11 bits per heavy atom. The van der Waals surface area contributed by atoms with Gasteiger partial charge >= 0.3 is 0 Å². The number of halogens is 1. The molecule has 1 unspecified atom stereocenters. The highest BCUT2D eigenvalue weighted by Crippen LogP contribution is 2.27. The quantitative estimate of drug-likeness (QED) is 0.865. The Morgan fingerprint density at radius 3 is 2.74 bits per heavy atom. The first-order valence-corrected chi connectivity index (χ1v) is 7.66. The number of carbonyl (C=O) groups excluding carboxylic acids is 1. The van der Waals surface area contributed by atoms with Crippen LogP contribution in [0.4, 0.5) is 11.5 Å². The molecule has 1 amide bonds. The van der Waals surface area contributed by atoms with Crippen LogP contribution in [-0.2, 0) is 4.79 Å². The fraction of sp³-hybridized carbons (Fsp3) is 0.571. The second-order valence-electron chi connectivity index (χ2n) is 5.20. The van der Waals surface area contributed by atoms with Crippen LogP contribution in [0.25, 0.3) is 0 Å². The van der Waals surface area contributed by atoms with Crippen molar-refractivity contribution in [3.8, 4) is 0 Å². The third-order valence-electron chi connectivity index (χ3n) is 3.29. The fourth-order valence-corrected chi connectivity index (χ4v) is 2.29. The van der Waals surface area contributed by atoms with Gasteiger partial charge in [0.25, 0.3) is 0 Å². The first kappa shape index (κ1) is 14.3. The van der Waals surface area contributed by atoms with Crippen molar-refractivity contribution in [3.63, 3.8) is 0 Å². The molecule has 1 aromatic rings. The lowest BCUT2D eigenvalue weighted by Crippen LogP contribution is -2.28. The van der Waals surface area contributed by atoms with Crippen LogP contribution in [0, 0.1) is 5.92 Å². The number of nitrogens with one attached hydrogen (secondary N) is 1. The minimum absolute atomic E-state index is 0.0107. The van der Waals surface area contributed by atoms with Crippen LogP contribution in [0.2, 0.25) is 0 Å². The maximum absolute atomic E-state index is 12.1. The van der Waals surface area contributed by atoms with E-state index in [9.17, 15) is 4.79 Å². The molecule has 0 spiro atoms. The highest BCUT2D eigenvalue weighted by atomic mass is 79.9. The molecule has 2 rings (SSSR count). The van der Waals surface area contributed by atoms with E-state index in [0.29, 0.717) is 0 Å². The number of amides is 1. The summed E-state index contributed by atoms with van der Waals surface area (Å²) in [6.07, 6.45) is 4.16. The summed E-state index contributed by atoms with van der Waals surface area (Å²) in [5, 5.41) is 2.98. The zero-order valence-corrected chi connectivity index (χ0v) is 13.0. The van der Waals surface area contributed by atoms with E-state index >= 15 is 0 Å². The van der Waals surface area contributed by atoms with Gasteiger partial charge in [-0.25, -0.2) is 4.98 Å². The van der Waals surface area contributed by atoms with E-state index in [1.165, 1.54) is 12.8 Å². The number of aromatic nitrogens is 1. The third kappa shape index (κ3) is 3.47. The number of anilines is 2. The largest absolute Gasteiger partial charge is 0.355 e. The monoisotopic (exact) mass is 325 g/mol. The van der Waals surface area contributed by atoms with Crippen LogP contribution < -0.4 is 10.2 Å². The van der Waals surface area contributed by atoms with E-state index in [1.54, 1.807) is 6.20 Å². The van der Waals surface area contributed by atoms with Gasteiger partial charge in [-0.1, -0.05) is 29.8 Å². The smallest absolute Gasteiger partial charge is 0.238 e. The van der Waals surface area contributed by atoms with Crippen LogP contribution in [0.3, 0.4) is 0 Å². The summed E-state index contributed by atoms with van der Waals surface area (Å²) in [6.45, 7) is 6.07. The number of rotatable bonds is 4. The highest BCUT2D eigenvalue weighted by molar-refractivity contribution is 9.10. The highest BCUT2D eigenvalue weighted by Gasteiger charge is 2.22. The van der Waals surface area contributed by atoms with Crippen molar-refractivity contribution in [3.05, 3.63) is 18.3 Å². The predicted molar refractivity (Wildman–Crippen MR) is 81.9 cm³/mol. The Bertz CT molecular complexity index is 444. The van der Waals surface area contributed by atoms with Gasteiger partial charge in [0.05, 0.1) is 10.5 Å². The van der Waals surface area contributed by atoms with Crippen molar-refractivity contribution in [2.45, 2.75) is 31.5 Å². The molecule has 0 aliphatic carbocycles. The van der Waals surface area contributed by atoms with Crippen molar-refractivity contribution in [2.75, 3.05) is 23.3 Å². The van der Waals surface area contributed by atoms with Gasteiger partial charge in [-0.2, -0.15) is 0 Å². The molecule has 1 aromatic heterocycles. The van der Waals surface area contributed by atoms with Gasteiger partial charge in [-0.15, -0.1) is 0 Å². The summed E-state index contributed by atoms with van der Waals surface area (Å²) in [6, 6.07) is 3.77. The van der Waals surface area contributed by atoms with E-state index in [0.717, 1.165) is 24.6 Å². The summed E-state index contributed by atoms with van der Waals surface area (Å²) < 4.78 is 0. The molecule has 1 fully saturated rings. The minimum Gasteiger partial charge on any atom is -0.355 e. The predicted octanol–water partition coefficient (Wildman–Crippen LogP) is 3.04. The number of hydrogen-bond donors (Lipinski definition) is 1. The van der Waals surface area contributed by atoms with E-state index in [-0.39, 0.29) is 16.7 Å². The summed E-state index contributed by atoms with van der Waals surface area (Å²) in [4.78, 5) is 18.6. The number of hydrogen-bond acceptors (Lipinski definition) is 3. The molecule has 0 bridgehead atoms. The van der Waals surface area contributed by atoms with Crippen LogP contribution >= 0.6 is 15.9 Å². The van der Waals surface area contributed by atoms with Crippen LogP contribution in [0.1, 0.15) is 26.7 Å². The fourth-order valence-electron chi connectivity index (χ4n) is 2.18. The summed E-state index contributed by atoms with van der Waals surface area (Å²) in [7, 11) is 0. The van der Waals surface area contributed by atoms with Crippen molar-refractivity contribution in [2.24, 2.45) is 5.92 Å². The molecular weight excluding hydrogens is 306 g/mol. The molecule has 0 saturated carbocycles. The van der Waals surface area contributed by atoms with Gasteiger partial charge < -0.3 is 10.2 Å². The first-order chi connectivity index (χ1) is 9.09. The van der Waals surface area contributed by atoms with E-state index in [2.05, 4.69) is 31.1 Å². The average Bonchev–Trinajstić information content (AvgIpc) is 2.92. The molecule has 0 radical (unpaired) electrons. The van der Waals surface area contributed by atoms with E-state index < -0.39 is 0 Å². The van der Waals surface area contributed by atoms with Crippen molar-refractivity contribution in [1.29, 1.82) is 0 Å². The molecule has 19 heavy (non-hydrogen) atoms. The first-order valence-electron chi connectivity index (χ1n) is 6.74. The van der Waals surface area contributed by atoms with Gasteiger partial charge in [-0.3, -0.25) is 4.79 Å². The average molecular weight is 326 g/mol. The zero-order chi connectivity index (χ0) is 13.8. The van der Waals surface area contributed by atoms with Gasteiger partial charge in [0.15, 0.2) is 5.82 Å². The maximum atomic E-state index is 12.1. The van der Waals surface area contributed by atoms with Crippen molar-refractivity contribution in [1.82, 2.24) is 4.98 Å². The van der Waals surface area contributed by atoms with Crippen LogP contribution in [-0.4, -0.2) is 28.8 Å².